The van der Waals surface area contributed by atoms with Crippen LogP contribution in [0, 0.1) is 0 Å². The van der Waals surface area contributed by atoms with Gasteiger partial charge < -0.3 is 119 Å². The van der Waals surface area contributed by atoms with Crippen LogP contribution in [0.1, 0.15) is 21.5 Å². The van der Waals surface area contributed by atoms with E-state index < -0.39 is 179 Å². The predicted molar refractivity (Wildman–Crippen MR) is 247 cm³/mol. The summed E-state index contributed by atoms with van der Waals surface area (Å²) in [5.74, 6) is -7.59. The highest BCUT2D eigenvalue weighted by molar-refractivity contribution is 5.90. The average Bonchev–Trinajstić information content (AvgIpc) is 3.68. The van der Waals surface area contributed by atoms with Gasteiger partial charge in [-0.2, -0.15) is 0 Å². The Morgan fingerprint density at radius 1 is 0.526 bits per heavy atom. The van der Waals surface area contributed by atoms with Crippen molar-refractivity contribution in [3.63, 3.8) is 0 Å². The molecular formula is C49H58O27. The molecule has 4 fully saturated rings. The largest absolute Gasteiger partial charge is 0.508 e. The van der Waals surface area contributed by atoms with Gasteiger partial charge in [0.25, 0.3) is 0 Å². The maximum Gasteiger partial charge on any atom is 0.338 e. The number of aliphatic hydroxyl groups excluding tert-OH is 11. The van der Waals surface area contributed by atoms with Crippen molar-refractivity contribution in [2.75, 3.05) is 33.0 Å². The molecule has 27 heteroatoms. The summed E-state index contributed by atoms with van der Waals surface area (Å²) in [6.45, 7) is -5.42. The van der Waals surface area contributed by atoms with E-state index in [0.29, 0.717) is 5.56 Å². The van der Waals surface area contributed by atoms with Gasteiger partial charge >= 0.3 is 17.9 Å². The van der Waals surface area contributed by atoms with E-state index in [1.54, 1.807) is 6.07 Å². The molecule has 416 valence electrons. The van der Waals surface area contributed by atoms with Crippen LogP contribution >= 0.6 is 0 Å². The zero-order chi connectivity index (χ0) is 55.0. The predicted octanol–water partition coefficient (Wildman–Crippen LogP) is -4.24. The molecule has 0 aromatic heterocycles. The first-order chi connectivity index (χ1) is 36.3. The lowest BCUT2D eigenvalue weighted by Gasteiger charge is -2.50. The third kappa shape index (κ3) is 13.1. The summed E-state index contributed by atoms with van der Waals surface area (Å²) >= 11 is 0. The molecule has 4 aliphatic heterocycles. The van der Waals surface area contributed by atoms with Crippen LogP contribution in [0.5, 0.6) is 17.2 Å². The van der Waals surface area contributed by atoms with E-state index in [9.17, 15) is 85.9 Å². The molecule has 14 N–H and O–H groups in total. The highest BCUT2D eigenvalue weighted by atomic mass is 16.8. The minimum Gasteiger partial charge on any atom is -0.508 e. The van der Waals surface area contributed by atoms with Gasteiger partial charge in [0.05, 0.1) is 32.0 Å². The van der Waals surface area contributed by atoms with E-state index in [1.165, 1.54) is 60.7 Å². The molecule has 4 aliphatic rings. The summed E-state index contributed by atoms with van der Waals surface area (Å²) in [7, 11) is 0. The molecule has 4 heterocycles. The smallest absolute Gasteiger partial charge is 0.338 e. The van der Waals surface area contributed by atoms with Crippen molar-refractivity contribution in [3.8, 4) is 17.2 Å². The van der Waals surface area contributed by atoms with Crippen LogP contribution in [-0.4, -0.2) is 239 Å². The quantitative estimate of drug-likeness (QED) is 0.0234. The van der Waals surface area contributed by atoms with Crippen LogP contribution in [-0.2, 0) is 57.0 Å². The second-order valence-electron chi connectivity index (χ2n) is 17.8. The van der Waals surface area contributed by atoms with E-state index >= 15 is 0 Å². The highest BCUT2D eigenvalue weighted by Crippen LogP contribution is 2.42. The third-order valence-electron chi connectivity index (χ3n) is 12.6. The Kier molecular flexibility index (Phi) is 19.5. The average molecular weight is 1080 g/mol. The third-order valence-corrected chi connectivity index (χ3v) is 12.6. The number of esters is 3. The molecule has 3 aromatic rings. The number of ether oxygens (including phenoxy) is 10. The van der Waals surface area contributed by atoms with Crippen LogP contribution in [0.15, 0.2) is 84.9 Å². The van der Waals surface area contributed by atoms with E-state index in [1.807, 2.05) is 0 Å². The lowest BCUT2D eigenvalue weighted by molar-refractivity contribution is -0.421. The van der Waals surface area contributed by atoms with E-state index in [2.05, 4.69) is 0 Å². The molecule has 76 heavy (non-hydrogen) atoms. The van der Waals surface area contributed by atoms with Crippen molar-refractivity contribution in [1.29, 1.82) is 0 Å². The van der Waals surface area contributed by atoms with Gasteiger partial charge in [-0.1, -0.05) is 36.4 Å². The Bertz CT molecular complexity index is 2460. The van der Waals surface area contributed by atoms with Crippen LogP contribution in [0.25, 0.3) is 12.2 Å². The van der Waals surface area contributed by atoms with Gasteiger partial charge in [-0.25, -0.2) is 14.4 Å². The molecule has 0 amide bonds. The molecule has 7 rings (SSSR count). The lowest BCUT2D eigenvalue weighted by Crippen LogP contribution is -2.69. The molecule has 0 saturated carbocycles. The summed E-state index contributed by atoms with van der Waals surface area (Å²) < 4.78 is 59.6. The molecule has 0 radical (unpaired) electrons. The minimum absolute atomic E-state index is 0.102. The topological polar surface area (TPSA) is 427 Å². The summed E-state index contributed by atoms with van der Waals surface area (Å²) in [5.41, 5.74) is 0.433. The summed E-state index contributed by atoms with van der Waals surface area (Å²) in [5, 5.41) is 149. The molecule has 0 bridgehead atoms. The Hall–Kier alpha value is -5.77. The van der Waals surface area contributed by atoms with Crippen molar-refractivity contribution >= 4 is 30.1 Å². The molecule has 3 aromatic carbocycles. The normalized spacial score (nSPS) is 35.8. The number of carbonyl (C=O) groups excluding carboxylic acids is 3. The van der Waals surface area contributed by atoms with E-state index in [0.717, 1.165) is 30.4 Å². The van der Waals surface area contributed by atoms with Gasteiger partial charge in [0, 0.05) is 12.2 Å². The Morgan fingerprint density at radius 2 is 1.07 bits per heavy atom. The highest BCUT2D eigenvalue weighted by Gasteiger charge is 2.64. The SMILES string of the molecule is O=C(/C=C/c1ccc(O)c(O)c1)OC[C@@]1(O[C@H]2O[C@H](CO)[C@@H](OC(=O)/C=C/c3ccc(O)cc3)[C@H](O[C@@H]3O[C@H](CO)[C@H](O)[C@H](O)[C@H]3O)C2O[C@@H]2O[C@H](CO)[C@H](O)[C@H](O)[C@H]2O)O[C@H](CO)[C@@H](O)[C@@H]1OC(=O)c1ccccc1. The van der Waals surface area contributed by atoms with Gasteiger partial charge in [-0.15, -0.1) is 0 Å². The monoisotopic (exact) mass is 1080 g/mol. The molecule has 1 unspecified atom stereocenters. The number of phenols is 3. The number of aromatic hydroxyl groups is 3. The number of rotatable bonds is 19. The number of hydrogen-bond donors (Lipinski definition) is 14. The van der Waals surface area contributed by atoms with Gasteiger partial charge in [0.15, 0.2) is 42.6 Å². The zero-order valence-electron chi connectivity index (χ0n) is 39.7. The molecule has 27 nitrogen and oxygen atoms in total. The summed E-state index contributed by atoms with van der Waals surface area (Å²) in [4.78, 5) is 41.1. The second kappa shape index (κ2) is 25.6. The van der Waals surface area contributed by atoms with E-state index in [-0.39, 0.29) is 16.9 Å². The minimum atomic E-state index is -2.90. The summed E-state index contributed by atoms with van der Waals surface area (Å²) in [6.07, 6.45) is -33.1. The van der Waals surface area contributed by atoms with Crippen molar-refractivity contribution in [3.05, 3.63) is 102 Å². The zero-order valence-corrected chi connectivity index (χ0v) is 39.7. The van der Waals surface area contributed by atoms with Gasteiger partial charge in [-0.05, 0) is 59.7 Å². The molecule has 4 saturated heterocycles. The Morgan fingerprint density at radius 3 is 1.64 bits per heavy atom. The molecule has 0 spiro atoms. The van der Waals surface area contributed by atoms with Gasteiger partial charge in [0.1, 0.15) is 91.7 Å². The van der Waals surface area contributed by atoms with Crippen molar-refractivity contribution in [1.82, 2.24) is 0 Å². The Balaban J connectivity index is 1.35. The number of hydrogen-bond acceptors (Lipinski definition) is 27. The fraction of sp³-hybridized carbons (Fsp3) is 0.490. The van der Waals surface area contributed by atoms with Crippen molar-refractivity contribution in [2.24, 2.45) is 0 Å². The van der Waals surface area contributed by atoms with Crippen LogP contribution in [0.3, 0.4) is 0 Å². The standard InChI is InChI=1S/C49H58O27/c50-17-28-34(59)37(62)39(64)46(68-28)72-42-41(71-33(58)15-9-22-6-11-25(54)12-7-22)31(20-53)70-48(43(42)73-47-40(65)38(63)35(60)29(18-51)69-47)76-49(21-67-32(57)14-10-23-8-13-26(55)27(56)16-23)44(36(61)30(19-52)75-49)74-45(66)24-4-2-1-3-5-24/h1-16,28-31,34-44,46-48,50-56,59-65H,17-21H2/b14-10+,15-9+/t28-,29-,30-,31-,34+,35+,36-,37+,38+,39-,40-,41-,42+,43?,44+,46+,47+,48-,49+/m1/s1. The molecule has 0 aliphatic carbocycles. The second-order valence-corrected chi connectivity index (χ2v) is 17.8. The number of phenolic OH excluding ortho intramolecular Hbond substituents is 3. The van der Waals surface area contributed by atoms with Gasteiger partial charge in [-0.3, -0.25) is 0 Å². The molecule has 19 atom stereocenters. The first kappa shape index (κ1) is 57.9. The number of aliphatic hydroxyl groups is 11. The van der Waals surface area contributed by atoms with Crippen LogP contribution in [0.4, 0.5) is 0 Å². The molecular weight excluding hydrogens is 1020 g/mol. The number of benzene rings is 3. The van der Waals surface area contributed by atoms with E-state index in [4.69, 9.17) is 47.4 Å². The van der Waals surface area contributed by atoms with Crippen molar-refractivity contribution in [2.45, 2.75) is 116 Å². The van der Waals surface area contributed by atoms with Crippen molar-refractivity contribution < 1.29 is 133 Å². The maximum absolute atomic E-state index is 13.8. The fourth-order valence-electron chi connectivity index (χ4n) is 8.53. The maximum atomic E-state index is 13.8. The number of carbonyl (C=O) groups is 3. The van der Waals surface area contributed by atoms with Crippen LogP contribution < -0.4 is 0 Å². The first-order valence-corrected chi connectivity index (χ1v) is 23.4. The van der Waals surface area contributed by atoms with Gasteiger partial charge in [0.2, 0.25) is 5.79 Å². The Labute approximate surface area is 430 Å². The fourth-order valence-corrected chi connectivity index (χ4v) is 8.53. The lowest BCUT2D eigenvalue weighted by atomic mass is 9.95. The first-order valence-electron chi connectivity index (χ1n) is 23.4. The van der Waals surface area contributed by atoms with Crippen LogP contribution in [0.2, 0.25) is 0 Å². The summed E-state index contributed by atoms with van der Waals surface area (Å²) in [6, 6.07) is 16.2.